The number of hydrogen-bond donors (Lipinski definition) is 1. The van der Waals surface area contributed by atoms with Gasteiger partial charge in [0.25, 0.3) is 0 Å². The Bertz CT molecular complexity index is 1170. The number of anilines is 1. The molecule has 0 aliphatic carbocycles. The summed E-state index contributed by atoms with van der Waals surface area (Å²) in [4.78, 5) is 17.7. The lowest BCUT2D eigenvalue weighted by Gasteiger charge is -2.06. The maximum atomic E-state index is 13.7. The highest BCUT2D eigenvalue weighted by molar-refractivity contribution is 7.15. The van der Waals surface area contributed by atoms with Gasteiger partial charge in [0.15, 0.2) is 4.96 Å². The van der Waals surface area contributed by atoms with E-state index in [2.05, 4.69) is 10.3 Å². The fourth-order valence-electron chi connectivity index (χ4n) is 2.93. The number of halogens is 2. The van der Waals surface area contributed by atoms with Gasteiger partial charge in [-0.3, -0.25) is 9.20 Å². The quantitative estimate of drug-likeness (QED) is 0.488. The Hall–Kier alpha value is -3.26. The number of amides is 1. The second kappa shape index (κ2) is 8.00. The van der Waals surface area contributed by atoms with Crippen LogP contribution in [0.5, 0.6) is 5.75 Å². The number of thiazole rings is 1. The summed E-state index contributed by atoms with van der Waals surface area (Å²) >= 11 is 1.42. The first kappa shape index (κ1) is 19.1. The highest BCUT2D eigenvalue weighted by Crippen LogP contribution is 2.26. The van der Waals surface area contributed by atoms with Crippen LogP contribution in [-0.4, -0.2) is 21.9 Å². The molecule has 0 bridgehead atoms. The molecule has 0 aliphatic heterocycles. The largest absolute Gasteiger partial charge is 0.494 e. The number of aromatic nitrogens is 2. The zero-order valence-electron chi connectivity index (χ0n) is 15.5. The van der Waals surface area contributed by atoms with Crippen molar-refractivity contribution < 1.29 is 18.3 Å². The summed E-state index contributed by atoms with van der Waals surface area (Å²) in [6, 6.07) is 10.7. The lowest BCUT2D eigenvalue weighted by molar-refractivity contribution is -0.115. The summed E-state index contributed by atoms with van der Waals surface area (Å²) in [6.45, 7) is 2.53. The van der Waals surface area contributed by atoms with Crippen LogP contribution in [0.15, 0.2) is 54.0 Å². The highest BCUT2D eigenvalue weighted by Gasteiger charge is 2.14. The number of carbonyl (C=O) groups excluding carboxylic acids is 1. The summed E-state index contributed by atoms with van der Waals surface area (Å²) in [5.74, 6) is -1.11. The normalized spacial score (nSPS) is 11.0. The summed E-state index contributed by atoms with van der Waals surface area (Å²) < 4.78 is 34.0. The third-order valence-corrected chi connectivity index (χ3v) is 5.18. The van der Waals surface area contributed by atoms with Crippen LogP contribution in [0.1, 0.15) is 12.6 Å². The number of fused-ring (bicyclic) bond motifs is 1. The number of carbonyl (C=O) groups is 1. The number of rotatable bonds is 6. The molecule has 0 atom stereocenters. The molecule has 4 aromatic rings. The number of hydrogen-bond acceptors (Lipinski definition) is 4. The van der Waals surface area contributed by atoms with Gasteiger partial charge in [-0.2, -0.15) is 0 Å². The van der Waals surface area contributed by atoms with E-state index >= 15 is 0 Å². The Morgan fingerprint density at radius 3 is 2.72 bits per heavy atom. The van der Waals surface area contributed by atoms with Gasteiger partial charge in [-0.1, -0.05) is 0 Å². The molecule has 0 spiro atoms. The molecule has 0 radical (unpaired) electrons. The monoisotopic (exact) mass is 413 g/mol. The minimum absolute atomic E-state index is 0.0376. The maximum absolute atomic E-state index is 13.7. The number of nitrogens with one attached hydrogen (secondary N) is 1. The standard InChI is InChI=1S/C21H17F2N3O2S/c1-2-28-16-6-3-13(4-7-16)19-11-26-15(12-29-21(26)25-19)10-20(27)24-18-8-5-14(22)9-17(18)23/h3-9,11-12H,2,10H2,1H3,(H,24,27). The highest BCUT2D eigenvalue weighted by atomic mass is 32.1. The lowest BCUT2D eigenvalue weighted by Crippen LogP contribution is -2.16. The number of ether oxygens (including phenoxy) is 1. The van der Waals surface area contributed by atoms with Gasteiger partial charge >= 0.3 is 0 Å². The number of benzene rings is 2. The third-order valence-electron chi connectivity index (χ3n) is 4.29. The van der Waals surface area contributed by atoms with Crippen molar-refractivity contribution in [1.82, 2.24) is 9.38 Å². The van der Waals surface area contributed by atoms with Crippen LogP contribution in [0.4, 0.5) is 14.5 Å². The zero-order chi connectivity index (χ0) is 20.4. The van der Waals surface area contributed by atoms with Gasteiger partial charge in [0, 0.05) is 28.9 Å². The molecule has 0 unspecified atom stereocenters. The van der Waals surface area contributed by atoms with Gasteiger partial charge in [-0.05, 0) is 43.3 Å². The maximum Gasteiger partial charge on any atom is 0.230 e. The van der Waals surface area contributed by atoms with Crippen molar-refractivity contribution in [2.75, 3.05) is 11.9 Å². The molecular weight excluding hydrogens is 396 g/mol. The molecule has 8 heteroatoms. The van der Waals surface area contributed by atoms with Crippen molar-refractivity contribution in [3.8, 4) is 17.0 Å². The van der Waals surface area contributed by atoms with Crippen LogP contribution in [-0.2, 0) is 11.2 Å². The average Bonchev–Trinajstić information content (AvgIpc) is 3.27. The minimum atomic E-state index is -0.811. The smallest absolute Gasteiger partial charge is 0.230 e. The Kier molecular flexibility index (Phi) is 5.26. The van der Waals surface area contributed by atoms with Crippen LogP contribution >= 0.6 is 11.3 Å². The first-order valence-corrected chi connectivity index (χ1v) is 9.85. The van der Waals surface area contributed by atoms with Gasteiger partial charge in [0.2, 0.25) is 5.91 Å². The zero-order valence-corrected chi connectivity index (χ0v) is 16.3. The van der Waals surface area contributed by atoms with Gasteiger partial charge in [0.1, 0.15) is 17.4 Å². The number of imidazole rings is 1. The topological polar surface area (TPSA) is 55.6 Å². The molecule has 4 rings (SSSR count). The van der Waals surface area contributed by atoms with Crippen molar-refractivity contribution in [2.24, 2.45) is 0 Å². The molecule has 148 valence electrons. The van der Waals surface area contributed by atoms with E-state index in [1.165, 1.54) is 17.4 Å². The molecule has 0 saturated carbocycles. The van der Waals surface area contributed by atoms with E-state index in [0.29, 0.717) is 6.61 Å². The van der Waals surface area contributed by atoms with E-state index in [1.54, 1.807) is 0 Å². The Balaban J connectivity index is 1.52. The van der Waals surface area contributed by atoms with Gasteiger partial charge in [0.05, 0.1) is 24.4 Å². The third kappa shape index (κ3) is 4.12. The van der Waals surface area contributed by atoms with E-state index in [0.717, 1.165) is 39.8 Å². The Morgan fingerprint density at radius 2 is 2.00 bits per heavy atom. The average molecular weight is 413 g/mol. The second-order valence-electron chi connectivity index (χ2n) is 6.31. The van der Waals surface area contributed by atoms with E-state index < -0.39 is 17.5 Å². The number of nitrogens with zero attached hydrogens (tertiary/aromatic N) is 2. The Morgan fingerprint density at radius 1 is 1.21 bits per heavy atom. The van der Waals surface area contributed by atoms with Crippen LogP contribution < -0.4 is 10.1 Å². The summed E-state index contributed by atoms with van der Waals surface area (Å²) in [6.07, 6.45) is 1.90. The van der Waals surface area contributed by atoms with E-state index in [-0.39, 0.29) is 12.1 Å². The van der Waals surface area contributed by atoms with Gasteiger partial charge in [-0.25, -0.2) is 13.8 Å². The summed E-state index contributed by atoms with van der Waals surface area (Å²) in [5, 5.41) is 4.31. The molecule has 0 fully saturated rings. The molecule has 2 aromatic heterocycles. The molecule has 2 aromatic carbocycles. The minimum Gasteiger partial charge on any atom is -0.494 e. The lowest BCUT2D eigenvalue weighted by atomic mass is 10.1. The van der Waals surface area contributed by atoms with Crippen molar-refractivity contribution in [3.63, 3.8) is 0 Å². The van der Waals surface area contributed by atoms with Crippen LogP contribution in [0.25, 0.3) is 16.2 Å². The second-order valence-corrected chi connectivity index (χ2v) is 7.15. The molecule has 5 nitrogen and oxygen atoms in total. The van der Waals surface area contributed by atoms with E-state index in [1.807, 2.05) is 47.2 Å². The van der Waals surface area contributed by atoms with Gasteiger partial charge < -0.3 is 10.1 Å². The summed E-state index contributed by atoms with van der Waals surface area (Å²) in [5.41, 5.74) is 2.40. The molecule has 0 saturated heterocycles. The van der Waals surface area contributed by atoms with Crippen LogP contribution in [0.3, 0.4) is 0 Å². The van der Waals surface area contributed by atoms with E-state index in [9.17, 15) is 13.6 Å². The van der Waals surface area contributed by atoms with E-state index in [4.69, 9.17) is 4.74 Å². The predicted octanol–water partition coefficient (Wildman–Crippen LogP) is 4.92. The van der Waals surface area contributed by atoms with Crippen molar-refractivity contribution in [1.29, 1.82) is 0 Å². The first-order valence-electron chi connectivity index (χ1n) is 8.97. The molecule has 2 heterocycles. The summed E-state index contributed by atoms with van der Waals surface area (Å²) in [7, 11) is 0. The van der Waals surface area contributed by atoms with Crippen molar-refractivity contribution >= 4 is 27.9 Å². The molecule has 1 N–H and O–H groups in total. The van der Waals surface area contributed by atoms with Gasteiger partial charge in [-0.15, -0.1) is 11.3 Å². The van der Waals surface area contributed by atoms with Crippen LogP contribution in [0, 0.1) is 11.6 Å². The molecule has 0 aliphatic rings. The molecule has 1 amide bonds. The Labute approximate surface area is 169 Å². The van der Waals surface area contributed by atoms with Crippen LogP contribution in [0.2, 0.25) is 0 Å². The predicted molar refractivity (Wildman–Crippen MR) is 108 cm³/mol. The van der Waals surface area contributed by atoms with Crippen molar-refractivity contribution in [2.45, 2.75) is 13.3 Å². The fraction of sp³-hybridized carbons (Fsp3) is 0.143. The van der Waals surface area contributed by atoms with Crippen molar-refractivity contribution in [3.05, 3.63) is 71.4 Å². The SMILES string of the molecule is CCOc1ccc(-c2cn3c(CC(=O)Nc4ccc(F)cc4F)csc3n2)cc1. The first-order chi connectivity index (χ1) is 14.0. The molecule has 29 heavy (non-hydrogen) atoms. The fourth-order valence-corrected chi connectivity index (χ4v) is 3.81. The molecular formula is C21H17F2N3O2S.